The van der Waals surface area contributed by atoms with Crippen LogP contribution < -0.4 is 0 Å². The van der Waals surface area contributed by atoms with Gasteiger partial charge in [-0.1, -0.05) is 54.9 Å². The van der Waals surface area contributed by atoms with Crippen LogP contribution in [-0.2, 0) is 15.8 Å². The highest BCUT2D eigenvalue weighted by Gasteiger charge is 2.26. The number of aliphatic imine (C=N–C) groups is 1. The second kappa shape index (κ2) is 10.4. The molecule has 0 fully saturated rings. The zero-order valence-electron chi connectivity index (χ0n) is 17.2. The molecule has 1 aliphatic rings. The van der Waals surface area contributed by atoms with Crippen LogP contribution in [0.3, 0.4) is 0 Å². The van der Waals surface area contributed by atoms with E-state index in [0.717, 1.165) is 5.56 Å². The van der Waals surface area contributed by atoms with Gasteiger partial charge in [-0.05, 0) is 42.0 Å². The second-order valence-electron chi connectivity index (χ2n) is 6.77. The van der Waals surface area contributed by atoms with Gasteiger partial charge in [0.25, 0.3) is 5.91 Å². The Morgan fingerprint density at radius 1 is 1.10 bits per heavy atom. The summed E-state index contributed by atoms with van der Waals surface area (Å²) in [6, 6.07) is 11.5. The van der Waals surface area contributed by atoms with E-state index in [-0.39, 0.29) is 10.8 Å². The molecule has 1 heterocycles. The van der Waals surface area contributed by atoms with Crippen molar-refractivity contribution in [3.8, 4) is 0 Å². The molecule has 0 radical (unpaired) electrons. The van der Waals surface area contributed by atoms with Crippen LogP contribution in [0.1, 0.15) is 29.8 Å². The summed E-state index contributed by atoms with van der Waals surface area (Å²) in [6.07, 6.45) is 0. The number of carbonyl (C=O) groups is 1. The Balaban J connectivity index is 1.70. The number of carbonyl (C=O) groups excluding carboxylic acids is 1. The molecule has 3 rings (SSSR count). The van der Waals surface area contributed by atoms with E-state index in [2.05, 4.69) is 4.99 Å². The lowest BCUT2D eigenvalue weighted by molar-refractivity contribution is 0.0860. The van der Waals surface area contributed by atoms with Gasteiger partial charge in [0.1, 0.15) is 0 Å². The van der Waals surface area contributed by atoms with Crippen LogP contribution in [0.4, 0.5) is 0 Å². The van der Waals surface area contributed by atoms with Crippen molar-refractivity contribution in [2.75, 3.05) is 26.2 Å². The lowest BCUT2D eigenvalue weighted by Gasteiger charge is -2.20. The Hall–Kier alpha value is -1.58. The number of hydrogen-bond acceptors (Lipinski definition) is 5. The fourth-order valence-corrected chi connectivity index (χ4v) is 5.92. The summed E-state index contributed by atoms with van der Waals surface area (Å²) in [6.45, 7) is 5.39. The summed E-state index contributed by atoms with van der Waals surface area (Å²) >= 11 is 13.5. The predicted octanol–water partition coefficient (Wildman–Crippen LogP) is 4.77. The van der Waals surface area contributed by atoms with Gasteiger partial charge in [0, 0.05) is 31.0 Å². The zero-order chi connectivity index (χ0) is 22.6. The molecule has 0 aliphatic carbocycles. The Morgan fingerprint density at radius 3 is 2.39 bits per heavy atom. The molecule has 0 atom stereocenters. The van der Waals surface area contributed by atoms with Crippen molar-refractivity contribution in [1.82, 2.24) is 9.21 Å². The van der Waals surface area contributed by atoms with Crippen molar-refractivity contribution in [3.05, 3.63) is 63.6 Å². The number of nitrogens with zero attached hydrogens (tertiary/aromatic N) is 3. The van der Waals surface area contributed by atoms with Crippen LogP contribution in [0.25, 0.3) is 0 Å². The van der Waals surface area contributed by atoms with E-state index in [0.29, 0.717) is 52.7 Å². The smallest absolute Gasteiger partial charge is 0.259 e. The lowest BCUT2D eigenvalue weighted by atomic mass is 10.2. The zero-order valence-corrected chi connectivity index (χ0v) is 20.4. The highest BCUT2D eigenvalue weighted by molar-refractivity contribution is 8.13. The van der Waals surface area contributed by atoms with Crippen LogP contribution in [0, 0.1) is 0 Å². The van der Waals surface area contributed by atoms with Crippen molar-refractivity contribution >= 4 is 56.1 Å². The third-order valence-electron chi connectivity index (χ3n) is 4.84. The number of amides is 1. The number of amidine groups is 1. The Bertz CT molecular complexity index is 1090. The van der Waals surface area contributed by atoms with Gasteiger partial charge in [0.05, 0.1) is 21.5 Å². The van der Waals surface area contributed by atoms with Crippen LogP contribution in [0.5, 0.6) is 0 Å². The van der Waals surface area contributed by atoms with E-state index in [4.69, 9.17) is 23.2 Å². The van der Waals surface area contributed by atoms with Crippen molar-refractivity contribution in [2.24, 2.45) is 4.99 Å². The van der Waals surface area contributed by atoms with Crippen LogP contribution in [-0.4, -0.2) is 54.9 Å². The summed E-state index contributed by atoms with van der Waals surface area (Å²) in [4.78, 5) is 19.3. The first kappa shape index (κ1) is 24.1. The molecule has 0 bridgehead atoms. The molecule has 31 heavy (non-hydrogen) atoms. The van der Waals surface area contributed by atoms with Gasteiger partial charge < -0.3 is 0 Å². The number of thioether (sulfide) groups is 1. The largest absolute Gasteiger partial charge is 0.286 e. The number of hydrogen-bond donors (Lipinski definition) is 0. The average Bonchev–Trinajstić information content (AvgIpc) is 3.23. The Kier molecular flexibility index (Phi) is 8.04. The number of rotatable bonds is 7. The van der Waals surface area contributed by atoms with Crippen LogP contribution >= 0.6 is 35.0 Å². The number of sulfonamides is 1. The molecule has 0 saturated carbocycles. The number of halogens is 2. The van der Waals surface area contributed by atoms with Crippen molar-refractivity contribution in [1.29, 1.82) is 0 Å². The first-order chi connectivity index (χ1) is 14.8. The molecule has 0 unspecified atom stereocenters. The van der Waals surface area contributed by atoms with E-state index in [1.54, 1.807) is 43.0 Å². The summed E-state index contributed by atoms with van der Waals surface area (Å²) in [5, 5.41) is 1.62. The molecule has 166 valence electrons. The van der Waals surface area contributed by atoms with Crippen LogP contribution in [0.2, 0.25) is 10.0 Å². The maximum Gasteiger partial charge on any atom is 0.259 e. The second-order valence-corrected chi connectivity index (χ2v) is 10.5. The molecule has 1 aliphatic heterocycles. The molecular formula is C21H23Cl2N3O3S2. The first-order valence-corrected chi connectivity index (χ1v) is 13.0. The molecule has 2 aromatic carbocycles. The van der Waals surface area contributed by atoms with Gasteiger partial charge in [-0.15, -0.1) is 0 Å². The fraction of sp³-hybridized carbons (Fsp3) is 0.333. The average molecular weight is 500 g/mol. The van der Waals surface area contributed by atoms with E-state index >= 15 is 0 Å². The van der Waals surface area contributed by atoms with Crippen molar-refractivity contribution < 1.29 is 13.2 Å². The fourth-order valence-electron chi connectivity index (χ4n) is 3.15. The van der Waals surface area contributed by atoms with Crippen molar-refractivity contribution in [3.63, 3.8) is 0 Å². The minimum absolute atomic E-state index is 0.178. The summed E-state index contributed by atoms with van der Waals surface area (Å²) in [5.74, 6) is 0.394. The van der Waals surface area contributed by atoms with E-state index in [1.807, 2.05) is 6.07 Å². The summed E-state index contributed by atoms with van der Waals surface area (Å²) in [7, 11) is -3.56. The third kappa shape index (κ3) is 5.43. The van der Waals surface area contributed by atoms with Crippen molar-refractivity contribution in [2.45, 2.75) is 24.5 Å². The highest BCUT2D eigenvalue weighted by Crippen LogP contribution is 2.27. The van der Waals surface area contributed by atoms with E-state index < -0.39 is 10.0 Å². The maximum atomic E-state index is 13.0. The standard InChI is InChI=1S/C21H23Cl2N3O3S2/c1-3-25(4-2)31(28,29)17-8-6-16(7-9-17)20(27)26-12-11-24-21(26)30-14-15-5-10-18(22)19(23)13-15/h5-10,13H,3-4,11-12,14H2,1-2H3. The van der Waals surface area contributed by atoms with Gasteiger partial charge in [0.15, 0.2) is 5.17 Å². The molecule has 0 aromatic heterocycles. The SMILES string of the molecule is CCN(CC)S(=O)(=O)c1ccc(C(=O)N2CCN=C2SCc2ccc(Cl)c(Cl)c2)cc1. The normalized spacial score (nSPS) is 14.2. The Labute approximate surface area is 197 Å². The molecule has 6 nitrogen and oxygen atoms in total. The predicted molar refractivity (Wildman–Crippen MR) is 128 cm³/mol. The van der Waals surface area contributed by atoms with Crippen LogP contribution in [0.15, 0.2) is 52.4 Å². The van der Waals surface area contributed by atoms with Gasteiger partial charge >= 0.3 is 0 Å². The molecular weight excluding hydrogens is 477 g/mol. The third-order valence-corrected chi connectivity index (χ3v) is 8.73. The first-order valence-electron chi connectivity index (χ1n) is 9.81. The van der Waals surface area contributed by atoms with Gasteiger partial charge in [0.2, 0.25) is 10.0 Å². The minimum Gasteiger partial charge on any atom is -0.286 e. The quantitative estimate of drug-likeness (QED) is 0.549. The number of benzene rings is 2. The van der Waals surface area contributed by atoms with Gasteiger partial charge in [-0.3, -0.25) is 14.7 Å². The lowest BCUT2D eigenvalue weighted by Crippen LogP contribution is -2.33. The highest BCUT2D eigenvalue weighted by atomic mass is 35.5. The minimum atomic E-state index is -3.56. The molecule has 0 N–H and O–H groups in total. The van der Waals surface area contributed by atoms with Gasteiger partial charge in [-0.25, -0.2) is 8.42 Å². The molecule has 2 aromatic rings. The van der Waals surface area contributed by atoms with E-state index in [1.165, 1.54) is 28.2 Å². The summed E-state index contributed by atoms with van der Waals surface area (Å²) in [5.41, 5.74) is 1.40. The Morgan fingerprint density at radius 2 is 1.77 bits per heavy atom. The topological polar surface area (TPSA) is 70.1 Å². The summed E-state index contributed by atoms with van der Waals surface area (Å²) < 4.78 is 26.7. The molecule has 10 heteroatoms. The van der Waals surface area contributed by atoms with E-state index in [9.17, 15) is 13.2 Å². The molecule has 1 amide bonds. The monoisotopic (exact) mass is 499 g/mol. The molecule has 0 spiro atoms. The van der Waals surface area contributed by atoms with Gasteiger partial charge in [-0.2, -0.15) is 4.31 Å². The molecule has 0 saturated heterocycles. The maximum absolute atomic E-state index is 13.0.